The quantitative estimate of drug-likeness (QED) is 0.676. The van der Waals surface area contributed by atoms with Crippen LogP contribution in [0.4, 0.5) is 5.13 Å². The Balaban J connectivity index is 1.61. The standard InChI is InChI=1S/C23H33ClN6OS/c1-21(2)10-15(11-22(3,4)28-21)30(7)20-27-26-19(32-20)18-16(24)8-14(9-17(18)31)23(5)12-25-29(6)13-23/h8-9,12,15,28,31H,10-11,13H2,1-7H3. The van der Waals surface area contributed by atoms with E-state index < -0.39 is 0 Å². The van der Waals surface area contributed by atoms with Crippen LogP contribution < -0.4 is 10.2 Å². The van der Waals surface area contributed by atoms with Gasteiger partial charge >= 0.3 is 0 Å². The number of anilines is 1. The third kappa shape index (κ3) is 4.45. The zero-order valence-corrected chi connectivity index (χ0v) is 21.5. The highest BCUT2D eigenvalue weighted by Gasteiger charge is 2.40. The Kier molecular flexibility index (Phi) is 5.71. The first-order valence-electron chi connectivity index (χ1n) is 10.9. The van der Waals surface area contributed by atoms with Gasteiger partial charge in [0.25, 0.3) is 0 Å². The minimum Gasteiger partial charge on any atom is -0.507 e. The lowest BCUT2D eigenvalue weighted by Gasteiger charge is -2.48. The zero-order valence-electron chi connectivity index (χ0n) is 19.9. The molecule has 2 aliphatic rings. The molecule has 1 aromatic heterocycles. The number of nitrogens with zero attached hydrogens (tertiary/aromatic N) is 5. The molecule has 1 saturated heterocycles. The number of phenolic OH excluding ortho intramolecular Hbond substituents is 1. The van der Waals surface area contributed by atoms with Crippen LogP contribution in [-0.2, 0) is 5.41 Å². The van der Waals surface area contributed by atoms with E-state index in [4.69, 9.17) is 11.6 Å². The number of piperidine rings is 1. The number of benzene rings is 1. The van der Waals surface area contributed by atoms with Gasteiger partial charge in [-0.3, -0.25) is 5.01 Å². The Hall–Kier alpha value is -1.90. The maximum Gasteiger partial charge on any atom is 0.208 e. The Morgan fingerprint density at radius 1 is 1.16 bits per heavy atom. The van der Waals surface area contributed by atoms with Gasteiger partial charge in [0.2, 0.25) is 5.13 Å². The first-order chi connectivity index (χ1) is 14.8. The molecule has 1 atom stereocenters. The van der Waals surface area contributed by atoms with Crippen LogP contribution in [0.2, 0.25) is 5.02 Å². The molecule has 7 nitrogen and oxygen atoms in total. The molecule has 1 aromatic carbocycles. The molecule has 2 aliphatic heterocycles. The molecule has 1 unspecified atom stereocenters. The average molecular weight is 477 g/mol. The van der Waals surface area contributed by atoms with Gasteiger partial charge in [-0.15, -0.1) is 10.2 Å². The summed E-state index contributed by atoms with van der Waals surface area (Å²) < 4.78 is 0. The number of halogens is 1. The largest absolute Gasteiger partial charge is 0.507 e. The summed E-state index contributed by atoms with van der Waals surface area (Å²) in [4.78, 5) is 2.22. The number of likely N-dealkylation sites (N-methyl/N-ethyl adjacent to an activating group) is 1. The van der Waals surface area contributed by atoms with E-state index in [9.17, 15) is 5.11 Å². The molecule has 1 fully saturated rings. The number of nitrogens with one attached hydrogen (secondary N) is 1. The molecular weight excluding hydrogens is 444 g/mol. The second kappa shape index (κ2) is 7.85. The lowest BCUT2D eigenvalue weighted by Crippen LogP contribution is -2.61. The van der Waals surface area contributed by atoms with Crippen LogP contribution in [-0.4, -0.2) is 64.3 Å². The lowest BCUT2D eigenvalue weighted by atomic mass is 9.79. The highest BCUT2D eigenvalue weighted by atomic mass is 35.5. The van der Waals surface area contributed by atoms with Gasteiger partial charge in [-0.25, -0.2) is 0 Å². The summed E-state index contributed by atoms with van der Waals surface area (Å²) in [5.74, 6) is 0.117. The van der Waals surface area contributed by atoms with Crippen molar-refractivity contribution in [1.29, 1.82) is 0 Å². The number of hydrazone groups is 1. The molecule has 174 valence electrons. The fourth-order valence-electron chi connectivity index (χ4n) is 5.24. The highest BCUT2D eigenvalue weighted by molar-refractivity contribution is 7.18. The number of aromatic nitrogens is 2. The van der Waals surface area contributed by atoms with E-state index in [2.05, 4.69) is 67.2 Å². The number of rotatable bonds is 4. The fourth-order valence-corrected chi connectivity index (χ4v) is 6.55. The van der Waals surface area contributed by atoms with Gasteiger partial charge in [-0.2, -0.15) is 5.10 Å². The smallest absolute Gasteiger partial charge is 0.208 e. The van der Waals surface area contributed by atoms with E-state index in [-0.39, 0.29) is 22.2 Å². The van der Waals surface area contributed by atoms with E-state index in [0.717, 1.165) is 30.1 Å². The number of hydrogen-bond acceptors (Lipinski definition) is 8. The predicted octanol–water partition coefficient (Wildman–Crippen LogP) is 4.50. The van der Waals surface area contributed by atoms with Crippen molar-refractivity contribution in [2.24, 2.45) is 5.10 Å². The Labute approximate surface area is 199 Å². The summed E-state index contributed by atoms with van der Waals surface area (Å²) in [6.07, 6.45) is 3.92. The van der Waals surface area contributed by atoms with E-state index >= 15 is 0 Å². The number of aromatic hydroxyl groups is 1. The van der Waals surface area contributed by atoms with E-state index in [1.54, 1.807) is 6.07 Å². The van der Waals surface area contributed by atoms with Crippen LogP contribution in [0.25, 0.3) is 10.6 Å². The van der Waals surface area contributed by atoms with Crippen LogP contribution in [0.5, 0.6) is 5.75 Å². The molecule has 2 aromatic rings. The molecule has 0 bridgehead atoms. The third-order valence-corrected chi connectivity index (χ3v) is 7.80. The molecule has 3 heterocycles. The monoisotopic (exact) mass is 476 g/mol. The topological polar surface area (TPSA) is 76.9 Å². The van der Waals surface area contributed by atoms with Gasteiger partial charge in [0.1, 0.15) is 5.75 Å². The molecular formula is C23H33ClN6OS. The normalized spacial score (nSPS) is 24.8. The van der Waals surface area contributed by atoms with Gasteiger partial charge < -0.3 is 15.3 Å². The first kappa shape index (κ1) is 23.3. The summed E-state index contributed by atoms with van der Waals surface area (Å²) in [5, 5.41) is 31.6. The Morgan fingerprint density at radius 2 is 1.81 bits per heavy atom. The minimum atomic E-state index is -0.296. The van der Waals surface area contributed by atoms with Crippen molar-refractivity contribution in [3.8, 4) is 16.3 Å². The van der Waals surface area contributed by atoms with Gasteiger partial charge in [-0.1, -0.05) is 22.9 Å². The van der Waals surface area contributed by atoms with E-state index in [1.807, 2.05) is 24.3 Å². The number of hydrogen-bond donors (Lipinski definition) is 2. The van der Waals surface area contributed by atoms with Crippen molar-refractivity contribution in [2.45, 2.75) is 70.0 Å². The number of phenols is 1. The maximum atomic E-state index is 10.9. The zero-order chi connectivity index (χ0) is 23.5. The summed E-state index contributed by atoms with van der Waals surface area (Å²) in [6.45, 7) is 11.8. The van der Waals surface area contributed by atoms with Crippen molar-refractivity contribution in [3.63, 3.8) is 0 Å². The third-order valence-electron chi connectivity index (χ3n) is 6.47. The lowest BCUT2D eigenvalue weighted by molar-refractivity contribution is 0.161. The maximum absolute atomic E-state index is 10.9. The van der Waals surface area contributed by atoms with Crippen LogP contribution in [0, 0.1) is 0 Å². The van der Waals surface area contributed by atoms with E-state index in [1.165, 1.54) is 11.3 Å². The molecule has 9 heteroatoms. The summed E-state index contributed by atoms with van der Waals surface area (Å²) in [5.41, 5.74) is 1.25. The van der Waals surface area contributed by atoms with Crippen molar-refractivity contribution < 1.29 is 5.11 Å². The molecule has 0 spiro atoms. The molecule has 32 heavy (non-hydrogen) atoms. The molecule has 0 radical (unpaired) electrons. The first-order valence-corrected chi connectivity index (χ1v) is 12.1. The Bertz CT molecular complexity index is 1010. The molecule has 0 saturated carbocycles. The Morgan fingerprint density at radius 3 is 2.38 bits per heavy atom. The second-order valence-corrected chi connectivity index (χ2v) is 12.1. The highest BCUT2D eigenvalue weighted by Crippen LogP contribution is 2.43. The van der Waals surface area contributed by atoms with Gasteiger partial charge in [0.15, 0.2) is 5.01 Å². The second-order valence-electron chi connectivity index (χ2n) is 10.8. The van der Waals surface area contributed by atoms with Crippen LogP contribution in [0.15, 0.2) is 17.2 Å². The summed E-state index contributed by atoms with van der Waals surface area (Å²) in [7, 11) is 4.01. The fraction of sp³-hybridized carbons (Fsp3) is 0.609. The van der Waals surface area contributed by atoms with E-state index in [0.29, 0.717) is 21.6 Å². The summed E-state index contributed by atoms with van der Waals surface area (Å²) in [6, 6.07) is 4.02. The predicted molar refractivity (Wildman–Crippen MR) is 133 cm³/mol. The van der Waals surface area contributed by atoms with Crippen molar-refractivity contribution in [2.75, 3.05) is 25.5 Å². The van der Waals surface area contributed by atoms with Crippen molar-refractivity contribution >= 4 is 34.3 Å². The summed E-state index contributed by atoms with van der Waals surface area (Å²) >= 11 is 8.12. The molecule has 4 rings (SSSR count). The van der Waals surface area contributed by atoms with Gasteiger partial charge in [-0.05, 0) is 65.2 Å². The van der Waals surface area contributed by atoms with Crippen molar-refractivity contribution in [1.82, 2.24) is 20.5 Å². The SMILES string of the molecule is CN1CC(C)(c2cc(O)c(-c3nnc(N(C)C4CC(C)(C)NC(C)(C)C4)s3)c(Cl)c2)C=N1. The molecule has 0 aliphatic carbocycles. The molecule has 0 amide bonds. The van der Waals surface area contributed by atoms with Crippen LogP contribution >= 0.6 is 22.9 Å². The van der Waals surface area contributed by atoms with Gasteiger partial charge in [0.05, 0.1) is 17.1 Å². The van der Waals surface area contributed by atoms with Gasteiger partial charge in [0, 0.05) is 42.8 Å². The van der Waals surface area contributed by atoms with Crippen LogP contribution in [0.3, 0.4) is 0 Å². The average Bonchev–Trinajstić information content (AvgIpc) is 3.25. The van der Waals surface area contributed by atoms with Crippen LogP contribution in [0.1, 0.15) is 53.0 Å². The molecule has 2 N–H and O–H groups in total. The van der Waals surface area contributed by atoms with Crippen molar-refractivity contribution in [3.05, 3.63) is 22.7 Å². The minimum absolute atomic E-state index is 0.0410.